The van der Waals surface area contributed by atoms with Gasteiger partial charge in [-0.15, -0.1) is 0 Å². The maximum atomic E-state index is 13.6. The number of pyridine rings is 1. The number of benzene rings is 2. The third-order valence-corrected chi connectivity index (χ3v) is 6.58. The van der Waals surface area contributed by atoms with E-state index in [9.17, 15) is 18.8 Å². The molecular formula is C28H26FN5O5. The summed E-state index contributed by atoms with van der Waals surface area (Å²) in [5.41, 5.74) is 0.215. The van der Waals surface area contributed by atoms with Gasteiger partial charge in [-0.05, 0) is 55.7 Å². The van der Waals surface area contributed by atoms with Crippen LogP contribution in [0.5, 0.6) is 11.6 Å². The number of carbonyl (C=O) groups is 1. The molecule has 0 saturated heterocycles. The summed E-state index contributed by atoms with van der Waals surface area (Å²) in [6.45, 7) is 2.02. The van der Waals surface area contributed by atoms with Gasteiger partial charge in [-0.2, -0.15) is 4.98 Å². The van der Waals surface area contributed by atoms with Crippen LogP contribution in [0.1, 0.15) is 24.0 Å². The van der Waals surface area contributed by atoms with Gasteiger partial charge >= 0.3 is 17.3 Å². The number of hydrogen-bond donors (Lipinski definition) is 1. The van der Waals surface area contributed by atoms with Gasteiger partial charge < -0.3 is 14.8 Å². The number of aromatic nitrogens is 4. The molecule has 4 aromatic rings. The average Bonchev–Trinajstić information content (AvgIpc) is 3.72. The Balaban J connectivity index is 1.45. The van der Waals surface area contributed by atoms with Crippen molar-refractivity contribution in [3.05, 3.63) is 105 Å². The molecule has 2 heterocycles. The summed E-state index contributed by atoms with van der Waals surface area (Å²) in [5, 5.41) is 3.05. The predicted octanol–water partition coefficient (Wildman–Crippen LogP) is 3.78. The van der Waals surface area contributed by atoms with Gasteiger partial charge in [-0.1, -0.05) is 29.8 Å². The number of rotatable bonds is 9. The maximum absolute atomic E-state index is 13.6. The zero-order chi connectivity index (χ0) is 27.6. The Morgan fingerprint density at radius 2 is 1.74 bits per heavy atom. The number of carbonyl (C=O) groups excluding carboxylic acids is 1. The van der Waals surface area contributed by atoms with E-state index in [2.05, 4.69) is 15.3 Å². The van der Waals surface area contributed by atoms with E-state index in [1.807, 2.05) is 31.2 Å². The summed E-state index contributed by atoms with van der Waals surface area (Å²) < 4.78 is 26.0. The predicted molar refractivity (Wildman–Crippen MR) is 141 cm³/mol. The van der Waals surface area contributed by atoms with E-state index >= 15 is 0 Å². The average molecular weight is 532 g/mol. The second kappa shape index (κ2) is 10.5. The number of nitrogens with zero attached hydrogens (tertiary/aromatic N) is 4. The standard InChI is InChI=1S/C28H26FN5O5/c1-18-3-5-19(6-4-18)16-33-25(32-26(36)34(27(33)37)17-28(13-14-28)24(35)38-2)31-21-8-10-22(11-9-21)39-23-12-7-20(29)15-30-23/h3-12,15H,13-14,16-17H2,1-2H3,(H,31,32,36). The van der Waals surface area contributed by atoms with Crippen molar-refractivity contribution in [2.24, 2.45) is 5.41 Å². The van der Waals surface area contributed by atoms with Gasteiger partial charge in [0.2, 0.25) is 11.8 Å². The third kappa shape index (κ3) is 5.71. The summed E-state index contributed by atoms with van der Waals surface area (Å²) in [4.78, 5) is 46.9. The molecule has 1 aliphatic carbocycles. The molecule has 1 aliphatic rings. The molecule has 0 amide bonds. The smallest absolute Gasteiger partial charge is 0.354 e. The number of aryl methyl sites for hydroxylation is 1. The van der Waals surface area contributed by atoms with Crippen LogP contribution in [-0.4, -0.2) is 32.2 Å². The largest absolute Gasteiger partial charge is 0.469 e. The minimum absolute atomic E-state index is 0.0543. The summed E-state index contributed by atoms with van der Waals surface area (Å²) in [6.07, 6.45) is 2.12. The zero-order valence-corrected chi connectivity index (χ0v) is 21.4. The molecular weight excluding hydrogens is 505 g/mol. The highest BCUT2D eigenvalue weighted by Gasteiger charge is 2.52. The fourth-order valence-electron chi connectivity index (χ4n) is 4.15. The Hall–Kier alpha value is -4.80. The third-order valence-electron chi connectivity index (χ3n) is 6.58. The van der Waals surface area contributed by atoms with E-state index in [0.717, 1.165) is 21.9 Å². The minimum Gasteiger partial charge on any atom is -0.469 e. The van der Waals surface area contributed by atoms with Gasteiger partial charge in [-0.3, -0.25) is 9.36 Å². The normalized spacial score (nSPS) is 13.5. The molecule has 0 bridgehead atoms. The number of esters is 1. The molecule has 0 aliphatic heterocycles. The SMILES string of the molecule is COC(=O)C1(Cn2c(=O)nc(Nc3ccc(Oc4ccc(F)cn4)cc3)n(Cc3ccc(C)cc3)c2=O)CC1. The van der Waals surface area contributed by atoms with Crippen molar-refractivity contribution in [1.29, 1.82) is 0 Å². The van der Waals surface area contributed by atoms with Gasteiger partial charge in [-0.25, -0.2) is 23.5 Å². The summed E-state index contributed by atoms with van der Waals surface area (Å²) >= 11 is 0. The lowest BCUT2D eigenvalue weighted by Gasteiger charge is -2.18. The van der Waals surface area contributed by atoms with Crippen LogP contribution in [0.25, 0.3) is 0 Å². The van der Waals surface area contributed by atoms with Gasteiger partial charge in [0, 0.05) is 18.3 Å². The molecule has 0 radical (unpaired) electrons. The quantitative estimate of drug-likeness (QED) is 0.324. The summed E-state index contributed by atoms with van der Waals surface area (Å²) in [7, 11) is 1.29. The zero-order valence-electron chi connectivity index (χ0n) is 21.4. The molecule has 200 valence electrons. The first-order valence-corrected chi connectivity index (χ1v) is 12.3. The number of halogens is 1. The van der Waals surface area contributed by atoms with Crippen molar-refractivity contribution < 1.29 is 18.7 Å². The van der Waals surface area contributed by atoms with Crippen LogP contribution in [0.2, 0.25) is 0 Å². The van der Waals surface area contributed by atoms with Crippen molar-refractivity contribution in [3.63, 3.8) is 0 Å². The van der Waals surface area contributed by atoms with Crippen molar-refractivity contribution >= 4 is 17.6 Å². The molecule has 2 aromatic heterocycles. The second-order valence-corrected chi connectivity index (χ2v) is 9.50. The second-order valence-electron chi connectivity index (χ2n) is 9.50. The van der Waals surface area contributed by atoms with E-state index in [0.29, 0.717) is 24.3 Å². The monoisotopic (exact) mass is 531 g/mol. The summed E-state index contributed by atoms with van der Waals surface area (Å²) in [6, 6.07) is 17.0. The highest BCUT2D eigenvalue weighted by atomic mass is 19.1. The molecule has 5 rings (SSSR count). The lowest BCUT2D eigenvalue weighted by molar-refractivity contribution is -0.147. The first-order chi connectivity index (χ1) is 18.8. The van der Waals surface area contributed by atoms with E-state index in [1.165, 1.54) is 23.8 Å². The van der Waals surface area contributed by atoms with Gasteiger partial charge in [0.05, 0.1) is 25.3 Å². The molecule has 39 heavy (non-hydrogen) atoms. The van der Waals surface area contributed by atoms with Crippen LogP contribution in [0.4, 0.5) is 16.0 Å². The Kier molecular flexibility index (Phi) is 6.97. The fraction of sp³-hybridized carbons (Fsp3) is 0.250. The highest BCUT2D eigenvalue weighted by molar-refractivity contribution is 5.79. The topological polar surface area (TPSA) is 117 Å². The van der Waals surface area contributed by atoms with Crippen LogP contribution in [0.3, 0.4) is 0 Å². The molecule has 0 spiro atoms. The molecule has 10 nitrogen and oxygen atoms in total. The molecule has 1 N–H and O–H groups in total. The molecule has 1 fully saturated rings. The van der Waals surface area contributed by atoms with Gasteiger partial charge in [0.25, 0.3) is 0 Å². The van der Waals surface area contributed by atoms with Crippen LogP contribution in [0.15, 0.2) is 76.4 Å². The van der Waals surface area contributed by atoms with Crippen molar-refractivity contribution in [2.45, 2.75) is 32.9 Å². The van der Waals surface area contributed by atoms with E-state index in [4.69, 9.17) is 9.47 Å². The molecule has 11 heteroatoms. The van der Waals surface area contributed by atoms with Crippen molar-refractivity contribution in [3.8, 4) is 11.6 Å². The first-order valence-electron chi connectivity index (χ1n) is 12.3. The summed E-state index contributed by atoms with van der Waals surface area (Å²) in [5.74, 6) is -0.171. The lowest BCUT2D eigenvalue weighted by Crippen LogP contribution is -2.45. The van der Waals surface area contributed by atoms with Crippen molar-refractivity contribution in [1.82, 2.24) is 19.1 Å². The van der Waals surface area contributed by atoms with Crippen LogP contribution >= 0.6 is 0 Å². The molecule has 0 atom stereocenters. The first kappa shape index (κ1) is 25.8. The Morgan fingerprint density at radius 3 is 2.36 bits per heavy atom. The fourth-order valence-corrected chi connectivity index (χ4v) is 4.15. The van der Waals surface area contributed by atoms with Crippen molar-refractivity contribution in [2.75, 3.05) is 12.4 Å². The Bertz CT molecular complexity index is 1610. The lowest BCUT2D eigenvalue weighted by atomic mass is 10.1. The number of methoxy groups -OCH3 is 1. The number of hydrogen-bond acceptors (Lipinski definition) is 8. The highest BCUT2D eigenvalue weighted by Crippen LogP contribution is 2.47. The number of anilines is 2. The number of ether oxygens (including phenoxy) is 2. The van der Waals surface area contributed by atoms with E-state index < -0.39 is 28.6 Å². The van der Waals surface area contributed by atoms with Gasteiger partial charge in [0.15, 0.2) is 0 Å². The minimum atomic E-state index is -0.884. The molecule has 0 unspecified atom stereocenters. The van der Waals surface area contributed by atoms with Crippen LogP contribution < -0.4 is 21.4 Å². The van der Waals surface area contributed by atoms with E-state index in [-0.39, 0.29) is 24.9 Å². The molecule has 1 saturated carbocycles. The number of nitrogens with one attached hydrogen (secondary N) is 1. The van der Waals surface area contributed by atoms with Crippen LogP contribution in [0, 0.1) is 18.2 Å². The van der Waals surface area contributed by atoms with Gasteiger partial charge in [0.1, 0.15) is 11.6 Å². The Labute approximate surface area is 222 Å². The van der Waals surface area contributed by atoms with Crippen LogP contribution in [-0.2, 0) is 22.6 Å². The molecule has 2 aromatic carbocycles. The Morgan fingerprint density at radius 1 is 1.03 bits per heavy atom. The maximum Gasteiger partial charge on any atom is 0.354 e. The van der Waals surface area contributed by atoms with E-state index in [1.54, 1.807) is 24.3 Å².